The number of nitrogens with one attached hydrogen (secondary N) is 1. The van der Waals surface area contributed by atoms with Crippen LogP contribution in [0.4, 0.5) is 5.69 Å². The van der Waals surface area contributed by atoms with Crippen LogP contribution in [0.25, 0.3) is 0 Å². The Morgan fingerprint density at radius 3 is 2.65 bits per heavy atom. The SMILES string of the molecule is Cc1ccc(Br)cc1NC1CCC(C)C(C)C1. The summed E-state index contributed by atoms with van der Waals surface area (Å²) in [7, 11) is 0. The molecule has 0 spiro atoms. The third kappa shape index (κ3) is 3.25. The standard InChI is InChI=1S/C15H22BrN/c1-10-5-7-14(8-12(10)3)17-15-9-13(16)6-4-11(15)2/h4,6,9-10,12,14,17H,5,7-8H2,1-3H3. The Kier molecular flexibility index (Phi) is 4.13. The molecule has 0 saturated heterocycles. The van der Waals surface area contributed by atoms with Crippen molar-refractivity contribution in [2.75, 3.05) is 5.32 Å². The van der Waals surface area contributed by atoms with Crippen LogP contribution in [0.3, 0.4) is 0 Å². The van der Waals surface area contributed by atoms with Gasteiger partial charge in [-0.05, 0) is 55.7 Å². The molecule has 0 bridgehead atoms. The molecule has 1 aromatic carbocycles. The van der Waals surface area contributed by atoms with E-state index in [1.807, 2.05) is 0 Å². The van der Waals surface area contributed by atoms with Gasteiger partial charge in [0.25, 0.3) is 0 Å². The lowest BCUT2D eigenvalue weighted by Gasteiger charge is -2.33. The van der Waals surface area contributed by atoms with Gasteiger partial charge in [-0.3, -0.25) is 0 Å². The van der Waals surface area contributed by atoms with Gasteiger partial charge in [0.2, 0.25) is 0 Å². The van der Waals surface area contributed by atoms with Crippen molar-refractivity contribution in [3.63, 3.8) is 0 Å². The van der Waals surface area contributed by atoms with Crippen LogP contribution in [-0.2, 0) is 0 Å². The largest absolute Gasteiger partial charge is 0.382 e. The molecule has 94 valence electrons. The van der Waals surface area contributed by atoms with Crippen LogP contribution in [0.2, 0.25) is 0 Å². The summed E-state index contributed by atoms with van der Waals surface area (Å²) in [5, 5.41) is 3.71. The number of hydrogen-bond acceptors (Lipinski definition) is 1. The molecule has 1 N–H and O–H groups in total. The van der Waals surface area contributed by atoms with E-state index in [0.29, 0.717) is 6.04 Å². The van der Waals surface area contributed by atoms with E-state index < -0.39 is 0 Å². The molecule has 1 fully saturated rings. The Hall–Kier alpha value is -0.500. The van der Waals surface area contributed by atoms with Gasteiger partial charge in [0.05, 0.1) is 0 Å². The zero-order chi connectivity index (χ0) is 12.4. The molecule has 17 heavy (non-hydrogen) atoms. The zero-order valence-electron chi connectivity index (χ0n) is 11.0. The van der Waals surface area contributed by atoms with Crippen molar-refractivity contribution >= 4 is 21.6 Å². The lowest BCUT2D eigenvalue weighted by molar-refractivity contribution is 0.261. The first kappa shape index (κ1) is 12.9. The maximum Gasteiger partial charge on any atom is 0.0383 e. The highest BCUT2D eigenvalue weighted by Crippen LogP contribution is 2.32. The molecule has 1 aliphatic rings. The second-order valence-electron chi connectivity index (χ2n) is 5.57. The Balaban J connectivity index is 2.03. The van der Waals surface area contributed by atoms with Gasteiger partial charge in [0.15, 0.2) is 0 Å². The van der Waals surface area contributed by atoms with Crippen LogP contribution in [-0.4, -0.2) is 6.04 Å². The minimum absolute atomic E-state index is 0.647. The van der Waals surface area contributed by atoms with Gasteiger partial charge in [0, 0.05) is 16.2 Å². The second kappa shape index (κ2) is 5.43. The molecule has 0 aromatic heterocycles. The lowest BCUT2D eigenvalue weighted by Crippen LogP contribution is -2.30. The first-order chi connectivity index (χ1) is 8.06. The monoisotopic (exact) mass is 295 g/mol. The fraction of sp³-hybridized carbons (Fsp3) is 0.600. The highest BCUT2D eigenvalue weighted by molar-refractivity contribution is 9.10. The third-order valence-electron chi connectivity index (χ3n) is 4.16. The lowest BCUT2D eigenvalue weighted by atomic mass is 9.79. The average Bonchev–Trinajstić information content (AvgIpc) is 2.29. The summed E-state index contributed by atoms with van der Waals surface area (Å²) in [5.41, 5.74) is 2.62. The van der Waals surface area contributed by atoms with Crippen molar-refractivity contribution < 1.29 is 0 Å². The van der Waals surface area contributed by atoms with Gasteiger partial charge >= 0.3 is 0 Å². The van der Waals surface area contributed by atoms with E-state index >= 15 is 0 Å². The molecule has 0 amide bonds. The summed E-state index contributed by atoms with van der Waals surface area (Å²) < 4.78 is 1.16. The molecule has 1 nitrogen and oxygen atoms in total. The molecule has 0 radical (unpaired) electrons. The van der Waals surface area contributed by atoms with Crippen LogP contribution in [0.15, 0.2) is 22.7 Å². The van der Waals surface area contributed by atoms with E-state index in [1.54, 1.807) is 0 Å². The molecule has 1 aliphatic carbocycles. The van der Waals surface area contributed by atoms with Crippen molar-refractivity contribution in [1.82, 2.24) is 0 Å². The van der Waals surface area contributed by atoms with Crippen molar-refractivity contribution in [3.05, 3.63) is 28.2 Å². The Morgan fingerprint density at radius 1 is 1.18 bits per heavy atom. The maximum atomic E-state index is 3.71. The minimum Gasteiger partial charge on any atom is -0.382 e. The van der Waals surface area contributed by atoms with Gasteiger partial charge in [0.1, 0.15) is 0 Å². The van der Waals surface area contributed by atoms with E-state index in [9.17, 15) is 0 Å². The van der Waals surface area contributed by atoms with Gasteiger partial charge in [-0.2, -0.15) is 0 Å². The summed E-state index contributed by atoms with van der Waals surface area (Å²) in [4.78, 5) is 0. The van der Waals surface area contributed by atoms with Crippen LogP contribution in [0, 0.1) is 18.8 Å². The summed E-state index contributed by atoms with van der Waals surface area (Å²) in [6.45, 7) is 6.93. The summed E-state index contributed by atoms with van der Waals surface area (Å²) >= 11 is 3.54. The van der Waals surface area contributed by atoms with E-state index in [1.165, 1.54) is 30.5 Å². The molecule has 1 saturated carbocycles. The van der Waals surface area contributed by atoms with E-state index in [0.717, 1.165) is 16.3 Å². The molecular formula is C15H22BrN. The average molecular weight is 296 g/mol. The number of halogens is 1. The smallest absolute Gasteiger partial charge is 0.0383 e. The summed E-state index contributed by atoms with van der Waals surface area (Å²) in [6.07, 6.45) is 3.95. The fourth-order valence-corrected chi connectivity index (χ4v) is 3.01. The fourth-order valence-electron chi connectivity index (χ4n) is 2.65. The van der Waals surface area contributed by atoms with Crippen molar-refractivity contribution in [1.29, 1.82) is 0 Å². The molecule has 3 atom stereocenters. The topological polar surface area (TPSA) is 12.0 Å². The van der Waals surface area contributed by atoms with Crippen LogP contribution in [0.5, 0.6) is 0 Å². The Bertz CT molecular complexity index is 389. The highest BCUT2D eigenvalue weighted by Gasteiger charge is 2.24. The van der Waals surface area contributed by atoms with Gasteiger partial charge < -0.3 is 5.32 Å². The second-order valence-corrected chi connectivity index (χ2v) is 6.48. The van der Waals surface area contributed by atoms with Crippen LogP contribution in [0.1, 0.15) is 38.7 Å². The number of anilines is 1. The maximum absolute atomic E-state index is 3.71. The third-order valence-corrected chi connectivity index (χ3v) is 4.65. The van der Waals surface area contributed by atoms with Crippen molar-refractivity contribution in [3.8, 4) is 0 Å². The normalized spacial score (nSPS) is 29.1. The van der Waals surface area contributed by atoms with E-state index in [4.69, 9.17) is 0 Å². The minimum atomic E-state index is 0.647. The first-order valence-electron chi connectivity index (χ1n) is 6.59. The molecular weight excluding hydrogens is 274 g/mol. The number of hydrogen-bond donors (Lipinski definition) is 1. The van der Waals surface area contributed by atoms with Gasteiger partial charge in [-0.25, -0.2) is 0 Å². The van der Waals surface area contributed by atoms with E-state index in [2.05, 4.69) is 60.2 Å². The Morgan fingerprint density at radius 2 is 1.94 bits per heavy atom. The van der Waals surface area contributed by atoms with Gasteiger partial charge in [-0.1, -0.05) is 35.8 Å². The quantitative estimate of drug-likeness (QED) is 0.810. The molecule has 1 aromatic rings. The number of rotatable bonds is 2. The number of benzene rings is 1. The molecule has 2 rings (SSSR count). The predicted molar refractivity (Wildman–Crippen MR) is 78.5 cm³/mol. The van der Waals surface area contributed by atoms with Crippen LogP contribution < -0.4 is 5.32 Å². The van der Waals surface area contributed by atoms with Crippen molar-refractivity contribution in [2.24, 2.45) is 11.8 Å². The molecule has 2 heteroatoms. The first-order valence-corrected chi connectivity index (χ1v) is 7.38. The van der Waals surface area contributed by atoms with Crippen molar-refractivity contribution in [2.45, 2.75) is 46.1 Å². The van der Waals surface area contributed by atoms with Crippen LogP contribution >= 0.6 is 15.9 Å². The zero-order valence-corrected chi connectivity index (χ0v) is 12.5. The van der Waals surface area contributed by atoms with E-state index in [-0.39, 0.29) is 0 Å². The molecule has 3 unspecified atom stereocenters. The highest BCUT2D eigenvalue weighted by atomic mass is 79.9. The van der Waals surface area contributed by atoms with Gasteiger partial charge in [-0.15, -0.1) is 0 Å². The molecule has 0 heterocycles. The Labute approximate surface area is 113 Å². The summed E-state index contributed by atoms with van der Waals surface area (Å²) in [5.74, 6) is 1.73. The molecule has 0 aliphatic heterocycles. The predicted octanol–water partition coefficient (Wildman–Crippen LogP) is 4.99. The summed E-state index contributed by atoms with van der Waals surface area (Å²) in [6, 6.07) is 7.11. The number of aryl methyl sites for hydroxylation is 1.